The largest absolute Gasteiger partial charge is 0.462 e. The van der Waals surface area contributed by atoms with E-state index in [0.29, 0.717) is 19.3 Å². The van der Waals surface area contributed by atoms with Gasteiger partial charge in [0.05, 0.1) is 0 Å². The molecule has 6 nitrogen and oxygen atoms in total. The smallest absolute Gasteiger partial charge is 0.306 e. The van der Waals surface area contributed by atoms with Gasteiger partial charge in [0.15, 0.2) is 6.10 Å². The standard InChI is InChI=1S/C61H110O6/c1-4-7-10-13-16-19-22-25-28-30-31-34-36-39-42-45-48-51-54-60(63)66-57-58(56-65-59(62)53-50-47-44-41-38-35-32-27-24-21-18-15-12-9-6-3)67-61(64)55-52-49-46-43-40-37-33-29-26-23-20-17-14-11-8-5-2/h9,12,18,21,27,29,32-33,58H,4-8,10-11,13-17,19-20,22-26,28,30-31,34-57H2,1-3H3/b12-9-,21-18-,32-27-,33-29-. The van der Waals surface area contributed by atoms with Crippen molar-refractivity contribution < 1.29 is 28.6 Å². The van der Waals surface area contributed by atoms with Gasteiger partial charge in [0.1, 0.15) is 13.2 Å². The van der Waals surface area contributed by atoms with E-state index in [9.17, 15) is 14.4 Å². The quantitative estimate of drug-likeness (QED) is 0.0262. The van der Waals surface area contributed by atoms with Gasteiger partial charge in [0, 0.05) is 19.3 Å². The van der Waals surface area contributed by atoms with Gasteiger partial charge in [-0.15, -0.1) is 0 Å². The molecule has 0 heterocycles. The summed E-state index contributed by atoms with van der Waals surface area (Å²) >= 11 is 0. The van der Waals surface area contributed by atoms with Crippen LogP contribution in [0.2, 0.25) is 0 Å². The number of rotatable bonds is 53. The molecule has 390 valence electrons. The highest BCUT2D eigenvalue weighted by Crippen LogP contribution is 2.16. The Bertz CT molecular complexity index is 1170. The van der Waals surface area contributed by atoms with Crippen molar-refractivity contribution in [2.45, 2.75) is 309 Å². The van der Waals surface area contributed by atoms with Gasteiger partial charge in [0.25, 0.3) is 0 Å². The second-order valence-electron chi connectivity index (χ2n) is 19.5. The average molecular weight is 940 g/mol. The van der Waals surface area contributed by atoms with Crippen LogP contribution in [0.25, 0.3) is 0 Å². The lowest BCUT2D eigenvalue weighted by Gasteiger charge is -2.18. The SMILES string of the molecule is CC/C=C\C/C=C\C/C=C\CCCCCCCC(=O)OCC(COC(=O)CCCCCCCCCCCCCCCCCCCC)OC(=O)CCCCCCC/C=C\CCCCCCCCC. The van der Waals surface area contributed by atoms with Crippen molar-refractivity contribution in [1.29, 1.82) is 0 Å². The summed E-state index contributed by atoms with van der Waals surface area (Å²) in [5.74, 6) is -0.889. The fraction of sp³-hybridized carbons (Fsp3) is 0.820. The zero-order valence-corrected chi connectivity index (χ0v) is 44.7. The highest BCUT2D eigenvalue weighted by atomic mass is 16.6. The lowest BCUT2D eigenvalue weighted by molar-refractivity contribution is -0.167. The maximum atomic E-state index is 12.9. The lowest BCUT2D eigenvalue weighted by Crippen LogP contribution is -2.30. The summed E-state index contributed by atoms with van der Waals surface area (Å²) in [5.41, 5.74) is 0. The Morgan fingerprint density at radius 1 is 0.313 bits per heavy atom. The number of allylic oxidation sites excluding steroid dienone is 8. The Balaban J connectivity index is 4.37. The summed E-state index contributed by atoms with van der Waals surface area (Å²) < 4.78 is 16.9. The van der Waals surface area contributed by atoms with Crippen molar-refractivity contribution in [2.24, 2.45) is 0 Å². The van der Waals surface area contributed by atoms with Crippen molar-refractivity contribution >= 4 is 17.9 Å². The number of carbonyl (C=O) groups is 3. The number of esters is 3. The van der Waals surface area contributed by atoms with Crippen LogP contribution in [0.3, 0.4) is 0 Å². The number of carbonyl (C=O) groups excluding carboxylic acids is 3. The molecular weight excluding hydrogens is 829 g/mol. The van der Waals surface area contributed by atoms with Crippen LogP contribution < -0.4 is 0 Å². The molecule has 0 amide bonds. The molecule has 0 fully saturated rings. The molecular formula is C61H110O6. The zero-order chi connectivity index (χ0) is 48.6. The van der Waals surface area contributed by atoms with Gasteiger partial charge in [-0.05, 0) is 77.0 Å². The van der Waals surface area contributed by atoms with Gasteiger partial charge in [-0.3, -0.25) is 14.4 Å². The molecule has 1 atom stereocenters. The summed E-state index contributed by atoms with van der Waals surface area (Å²) in [4.78, 5) is 38.2. The van der Waals surface area contributed by atoms with E-state index >= 15 is 0 Å². The Morgan fingerprint density at radius 3 is 0.925 bits per heavy atom. The molecule has 1 unspecified atom stereocenters. The number of unbranched alkanes of at least 4 members (excludes halogenated alkanes) is 34. The van der Waals surface area contributed by atoms with Gasteiger partial charge in [-0.25, -0.2) is 0 Å². The molecule has 0 aliphatic heterocycles. The lowest BCUT2D eigenvalue weighted by atomic mass is 10.0. The van der Waals surface area contributed by atoms with E-state index in [4.69, 9.17) is 14.2 Å². The van der Waals surface area contributed by atoms with Gasteiger partial charge < -0.3 is 14.2 Å². The average Bonchev–Trinajstić information content (AvgIpc) is 3.33. The topological polar surface area (TPSA) is 78.9 Å². The maximum absolute atomic E-state index is 12.9. The molecule has 0 aromatic carbocycles. The first-order valence-corrected chi connectivity index (χ1v) is 29.1. The van der Waals surface area contributed by atoms with Crippen molar-refractivity contribution in [3.63, 3.8) is 0 Å². The van der Waals surface area contributed by atoms with Crippen LogP contribution in [0.4, 0.5) is 0 Å². The number of ether oxygens (including phenoxy) is 3. The van der Waals surface area contributed by atoms with E-state index < -0.39 is 6.10 Å². The van der Waals surface area contributed by atoms with Gasteiger partial charge in [-0.2, -0.15) is 0 Å². The third-order valence-corrected chi connectivity index (χ3v) is 12.8. The zero-order valence-electron chi connectivity index (χ0n) is 44.7. The van der Waals surface area contributed by atoms with E-state index in [-0.39, 0.29) is 31.1 Å². The molecule has 0 bridgehead atoms. The summed E-state index contributed by atoms with van der Waals surface area (Å²) in [6.45, 7) is 6.54. The Kier molecular flexibility index (Phi) is 53.8. The van der Waals surface area contributed by atoms with Crippen LogP contribution in [0.1, 0.15) is 303 Å². The molecule has 0 saturated heterocycles. The second-order valence-corrected chi connectivity index (χ2v) is 19.5. The second kappa shape index (κ2) is 56.0. The van der Waals surface area contributed by atoms with E-state index in [0.717, 1.165) is 109 Å². The van der Waals surface area contributed by atoms with Crippen molar-refractivity contribution in [1.82, 2.24) is 0 Å². The molecule has 0 radical (unpaired) electrons. The molecule has 0 aliphatic rings. The Labute approximate surface area is 416 Å². The van der Waals surface area contributed by atoms with Gasteiger partial charge in [0.2, 0.25) is 0 Å². The molecule has 0 rings (SSSR count). The minimum absolute atomic E-state index is 0.0790. The fourth-order valence-corrected chi connectivity index (χ4v) is 8.45. The minimum atomic E-state index is -0.782. The molecule has 0 saturated carbocycles. The molecule has 0 N–H and O–H groups in total. The first-order valence-electron chi connectivity index (χ1n) is 29.1. The van der Waals surface area contributed by atoms with Crippen LogP contribution in [0.15, 0.2) is 48.6 Å². The van der Waals surface area contributed by atoms with Gasteiger partial charge in [-0.1, -0.05) is 256 Å². The monoisotopic (exact) mass is 939 g/mol. The van der Waals surface area contributed by atoms with Crippen LogP contribution in [-0.4, -0.2) is 37.2 Å². The fourth-order valence-electron chi connectivity index (χ4n) is 8.45. The molecule has 0 spiro atoms. The van der Waals surface area contributed by atoms with E-state index in [1.54, 1.807) is 0 Å². The van der Waals surface area contributed by atoms with Crippen molar-refractivity contribution in [3.8, 4) is 0 Å². The predicted octanol–water partition coefficient (Wildman–Crippen LogP) is 19.4. The van der Waals surface area contributed by atoms with Gasteiger partial charge >= 0.3 is 17.9 Å². The first-order chi connectivity index (χ1) is 33.0. The summed E-state index contributed by atoms with van der Waals surface area (Å²) in [6, 6.07) is 0. The van der Waals surface area contributed by atoms with Crippen molar-refractivity contribution in [3.05, 3.63) is 48.6 Å². The van der Waals surface area contributed by atoms with E-state index in [1.807, 2.05) is 0 Å². The predicted molar refractivity (Wildman–Crippen MR) is 289 cm³/mol. The highest BCUT2D eigenvalue weighted by Gasteiger charge is 2.19. The van der Waals surface area contributed by atoms with Crippen LogP contribution in [0.5, 0.6) is 0 Å². The first kappa shape index (κ1) is 64.4. The minimum Gasteiger partial charge on any atom is -0.462 e. The Morgan fingerprint density at radius 2 is 0.582 bits per heavy atom. The molecule has 0 aliphatic carbocycles. The van der Waals surface area contributed by atoms with E-state index in [2.05, 4.69) is 69.4 Å². The molecule has 0 aromatic rings. The molecule has 6 heteroatoms. The highest BCUT2D eigenvalue weighted by molar-refractivity contribution is 5.71. The number of hydrogen-bond acceptors (Lipinski definition) is 6. The van der Waals surface area contributed by atoms with Crippen molar-refractivity contribution in [2.75, 3.05) is 13.2 Å². The third kappa shape index (κ3) is 54.2. The van der Waals surface area contributed by atoms with Crippen LogP contribution in [0, 0.1) is 0 Å². The van der Waals surface area contributed by atoms with Crippen LogP contribution >= 0.6 is 0 Å². The summed E-state index contributed by atoms with van der Waals surface area (Å²) in [7, 11) is 0. The third-order valence-electron chi connectivity index (χ3n) is 12.8. The van der Waals surface area contributed by atoms with Crippen LogP contribution in [-0.2, 0) is 28.6 Å². The molecule has 0 aromatic heterocycles. The van der Waals surface area contributed by atoms with E-state index in [1.165, 1.54) is 154 Å². The number of hydrogen-bond donors (Lipinski definition) is 0. The maximum Gasteiger partial charge on any atom is 0.306 e. The summed E-state index contributed by atoms with van der Waals surface area (Å²) in [6.07, 6.45) is 68.2. The molecule has 67 heavy (non-hydrogen) atoms. The normalized spacial score (nSPS) is 12.3. The summed E-state index contributed by atoms with van der Waals surface area (Å²) in [5, 5.41) is 0. The Hall–Kier alpha value is -2.63.